The normalized spacial score (nSPS) is 19.5. The topological polar surface area (TPSA) is 105 Å². The SMILES string of the molecule is COC(=O)C1C(C)=NC2=C(C(=O)c3ccccc32)[C@@H]1c1ccc(OCC(=O)[O-])c(Cl)c1. The molecular weight excluding hydrogens is 422 g/mol. The van der Waals surface area contributed by atoms with Crippen molar-refractivity contribution in [2.45, 2.75) is 12.8 Å². The highest BCUT2D eigenvalue weighted by Gasteiger charge is 2.46. The highest BCUT2D eigenvalue weighted by atomic mass is 35.5. The van der Waals surface area contributed by atoms with Gasteiger partial charge < -0.3 is 19.4 Å². The summed E-state index contributed by atoms with van der Waals surface area (Å²) in [6.07, 6.45) is 0. The van der Waals surface area contributed by atoms with Crippen molar-refractivity contribution in [2.75, 3.05) is 13.7 Å². The van der Waals surface area contributed by atoms with Crippen LogP contribution >= 0.6 is 11.6 Å². The van der Waals surface area contributed by atoms with Crippen molar-refractivity contribution in [3.63, 3.8) is 0 Å². The molecule has 31 heavy (non-hydrogen) atoms. The number of halogens is 1. The molecular formula is C23H17ClNO6-. The zero-order chi connectivity index (χ0) is 22.3. The van der Waals surface area contributed by atoms with Crippen LogP contribution in [-0.2, 0) is 14.3 Å². The van der Waals surface area contributed by atoms with E-state index in [0.29, 0.717) is 28.1 Å². The number of hydrogen-bond donors (Lipinski definition) is 0. The van der Waals surface area contributed by atoms with Gasteiger partial charge >= 0.3 is 5.97 Å². The Kier molecular flexibility index (Phi) is 5.37. The number of aliphatic imine (C=N–C) groups is 1. The number of carboxylic acids is 1. The van der Waals surface area contributed by atoms with Crippen LogP contribution in [-0.4, -0.2) is 37.2 Å². The molecule has 1 aliphatic carbocycles. The van der Waals surface area contributed by atoms with E-state index < -0.39 is 30.4 Å². The number of aliphatic carboxylic acids is 1. The van der Waals surface area contributed by atoms with Gasteiger partial charge in [-0.15, -0.1) is 0 Å². The number of ketones is 1. The molecule has 1 heterocycles. The second kappa shape index (κ2) is 8.00. The number of ether oxygens (including phenoxy) is 2. The smallest absolute Gasteiger partial charge is 0.315 e. The minimum absolute atomic E-state index is 0.146. The van der Waals surface area contributed by atoms with Crippen LogP contribution in [0.1, 0.15) is 34.3 Å². The van der Waals surface area contributed by atoms with Crippen molar-refractivity contribution in [3.05, 3.63) is 69.8 Å². The predicted molar refractivity (Wildman–Crippen MR) is 111 cm³/mol. The first-order valence-electron chi connectivity index (χ1n) is 9.46. The molecule has 0 saturated heterocycles. The third-order valence-electron chi connectivity index (χ3n) is 5.42. The summed E-state index contributed by atoms with van der Waals surface area (Å²) >= 11 is 6.31. The van der Waals surface area contributed by atoms with Crippen LogP contribution in [0.3, 0.4) is 0 Å². The summed E-state index contributed by atoms with van der Waals surface area (Å²) in [5.41, 5.74) is 3.30. The number of hydrogen-bond acceptors (Lipinski definition) is 7. The van der Waals surface area contributed by atoms with Crippen LogP contribution in [0.4, 0.5) is 0 Å². The first kappa shape index (κ1) is 20.8. The zero-order valence-corrected chi connectivity index (χ0v) is 17.4. The Balaban J connectivity index is 1.84. The molecule has 0 radical (unpaired) electrons. The highest BCUT2D eigenvalue weighted by molar-refractivity contribution is 6.32. The Labute approximate surface area is 183 Å². The molecule has 1 unspecified atom stereocenters. The number of methoxy groups -OCH3 is 1. The van der Waals surface area contributed by atoms with E-state index >= 15 is 0 Å². The van der Waals surface area contributed by atoms with E-state index in [4.69, 9.17) is 21.1 Å². The van der Waals surface area contributed by atoms with Crippen molar-refractivity contribution in [3.8, 4) is 5.75 Å². The minimum Gasteiger partial charge on any atom is -0.546 e. The second-order valence-corrected chi connectivity index (χ2v) is 7.63. The fourth-order valence-corrected chi connectivity index (χ4v) is 4.35. The number of carbonyl (C=O) groups is 3. The van der Waals surface area contributed by atoms with Crippen LogP contribution < -0.4 is 9.84 Å². The third-order valence-corrected chi connectivity index (χ3v) is 5.72. The Hall–Kier alpha value is -3.45. The van der Waals surface area contributed by atoms with Gasteiger partial charge in [-0.3, -0.25) is 14.6 Å². The zero-order valence-electron chi connectivity index (χ0n) is 16.7. The van der Waals surface area contributed by atoms with Crippen molar-refractivity contribution < 1.29 is 29.0 Å². The maximum absolute atomic E-state index is 13.3. The van der Waals surface area contributed by atoms with E-state index in [0.717, 1.165) is 5.56 Å². The number of Topliss-reactive ketones (excluding diaryl/α,β-unsaturated/α-hetero) is 1. The van der Waals surface area contributed by atoms with Gasteiger partial charge in [0.05, 0.1) is 23.8 Å². The van der Waals surface area contributed by atoms with Crippen LogP contribution in [0.25, 0.3) is 5.70 Å². The number of benzene rings is 2. The molecule has 0 N–H and O–H groups in total. The van der Waals surface area contributed by atoms with Crippen molar-refractivity contribution in [2.24, 2.45) is 10.9 Å². The molecule has 0 saturated carbocycles. The number of rotatable bonds is 5. The lowest BCUT2D eigenvalue weighted by Crippen LogP contribution is -2.34. The number of esters is 1. The van der Waals surface area contributed by atoms with Gasteiger partial charge in [0.2, 0.25) is 0 Å². The Morgan fingerprint density at radius 3 is 2.52 bits per heavy atom. The second-order valence-electron chi connectivity index (χ2n) is 7.22. The Bertz CT molecular complexity index is 1180. The molecule has 4 rings (SSSR count). The van der Waals surface area contributed by atoms with Gasteiger partial charge in [0, 0.05) is 28.3 Å². The molecule has 2 aromatic rings. The number of allylic oxidation sites excluding steroid dienone is 1. The van der Waals surface area contributed by atoms with Gasteiger partial charge in [0.15, 0.2) is 5.78 Å². The standard InChI is InChI=1S/C23H18ClNO6/c1-11-18(23(29)30-2)19(12-7-8-16(15(24)9-12)31-10-17(26)27)20-21(25-11)13-5-3-4-6-14(13)22(20)28/h3-9,18-19H,10H2,1-2H3,(H,26,27)/p-1/t18?,19-/m1/s1. The molecule has 2 atom stereocenters. The minimum atomic E-state index is -1.38. The lowest BCUT2D eigenvalue weighted by atomic mass is 9.75. The fraction of sp³-hybridized carbons (Fsp3) is 0.217. The van der Waals surface area contributed by atoms with E-state index in [2.05, 4.69) is 4.99 Å². The van der Waals surface area contributed by atoms with E-state index in [1.165, 1.54) is 13.2 Å². The largest absolute Gasteiger partial charge is 0.546 e. The van der Waals surface area contributed by atoms with Gasteiger partial charge in [0.25, 0.3) is 0 Å². The molecule has 8 heteroatoms. The summed E-state index contributed by atoms with van der Waals surface area (Å²) in [4.78, 5) is 41.3. The van der Waals surface area contributed by atoms with E-state index in [9.17, 15) is 19.5 Å². The summed E-state index contributed by atoms with van der Waals surface area (Å²) in [6, 6.07) is 11.9. The van der Waals surface area contributed by atoms with Crippen molar-refractivity contribution in [1.29, 1.82) is 0 Å². The molecule has 0 bridgehead atoms. The lowest BCUT2D eigenvalue weighted by Gasteiger charge is -2.30. The molecule has 2 aliphatic rings. The lowest BCUT2D eigenvalue weighted by molar-refractivity contribution is -0.307. The molecule has 0 aromatic heterocycles. The van der Waals surface area contributed by atoms with Gasteiger partial charge in [-0.25, -0.2) is 0 Å². The van der Waals surface area contributed by atoms with Gasteiger partial charge in [-0.1, -0.05) is 41.9 Å². The van der Waals surface area contributed by atoms with Gasteiger partial charge in [0.1, 0.15) is 18.3 Å². The highest BCUT2D eigenvalue weighted by Crippen LogP contribution is 2.48. The third kappa shape index (κ3) is 3.51. The summed E-state index contributed by atoms with van der Waals surface area (Å²) in [5, 5.41) is 10.8. The van der Waals surface area contributed by atoms with Crippen LogP contribution in [0.2, 0.25) is 5.02 Å². The van der Waals surface area contributed by atoms with Crippen LogP contribution in [0.15, 0.2) is 53.0 Å². The summed E-state index contributed by atoms with van der Waals surface area (Å²) in [7, 11) is 1.28. The van der Waals surface area contributed by atoms with Crippen LogP contribution in [0.5, 0.6) is 5.75 Å². The van der Waals surface area contributed by atoms with E-state index in [1.54, 1.807) is 31.2 Å². The maximum atomic E-state index is 13.3. The molecule has 0 fully saturated rings. The number of carboxylic acid groups (broad SMARTS) is 1. The van der Waals surface area contributed by atoms with E-state index in [-0.39, 0.29) is 16.6 Å². The summed E-state index contributed by atoms with van der Waals surface area (Å²) in [5.74, 6) is -3.43. The predicted octanol–water partition coefficient (Wildman–Crippen LogP) is 2.42. The average molecular weight is 439 g/mol. The monoisotopic (exact) mass is 438 g/mol. The Morgan fingerprint density at radius 1 is 1.16 bits per heavy atom. The number of nitrogens with zero attached hydrogens (tertiary/aromatic N) is 1. The molecule has 0 spiro atoms. The fourth-order valence-electron chi connectivity index (χ4n) is 4.11. The molecule has 2 aromatic carbocycles. The van der Waals surface area contributed by atoms with E-state index in [1.807, 2.05) is 12.1 Å². The number of fused-ring (bicyclic) bond motifs is 2. The average Bonchev–Trinajstić information content (AvgIpc) is 3.03. The van der Waals surface area contributed by atoms with Crippen molar-refractivity contribution in [1.82, 2.24) is 0 Å². The maximum Gasteiger partial charge on any atom is 0.315 e. The van der Waals surface area contributed by atoms with Crippen molar-refractivity contribution >= 4 is 40.7 Å². The summed E-state index contributed by atoms with van der Waals surface area (Å²) < 4.78 is 10.1. The Morgan fingerprint density at radius 2 is 1.87 bits per heavy atom. The molecule has 1 aliphatic heterocycles. The van der Waals surface area contributed by atoms with Crippen LogP contribution in [0, 0.1) is 5.92 Å². The summed E-state index contributed by atoms with van der Waals surface area (Å²) in [6.45, 7) is 1.07. The first-order chi connectivity index (χ1) is 14.8. The quantitative estimate of drug-likeness (QED) is 0.664. The number of carbonyl (C=O) groups excluding carboxylic acids is 3. The van der Waals surface area contributed by atoms with Gasteiger partial charge in [-0.05, 0) is 24.6 Å². The molecule has 0 amide bonds. The molecule has 158 valence electrons. The first-order valence-corrected chi connectivity index (χ1v) is 9.84. The van der Waals surface area contributed by atoms with Gasteiger partial charge in [-0.2, -0.15) is 0 Å². The molecule has 7 nitrogen and oxygen atoms in total.